The molecule has 1 atom stereocenters. The summed E-state index contributed by atoms with van der Waals surface area (Å²) in [7, 11) is -0.464. The van der Waals surface area contributed by atoms with Crippen LogP contribution in [-0.4, -0.2) is 40.0 Å². The fourth-order valence-electron chi connectivity index (χ4n) is 2.45. The molecule has 2 N–H and O–H groups in total. The van der Waals surface area contributed by atoms with Crippen molar-refractivity contribution in [2.24, 2.45) is 5.14 Å². The van der Waals surface area contributed by atoms with Gasteiger partial charge >= 0.3 is 0 Å². The second-order valence-corrected chi connectivity index (χ2v) is 6.02. The Kier molecular flexibility index (Phi) is 3.98. The number of benzene rings is 1. The molecular formula is C12H18N2O4S. The Labute approximate surface area is 113 Å². The standard InChI is InChI=1S/C12H18N2O4S/c1-17-11-5-3-4-10(12(11)18-2)9-6-7-14(8-9)19(13,15)16/h3-5,9H,6-8H2,1-2H3,(H2,13,15,16). The van der Waals surface area contributed by atoms with E-state index in [1.165, 1.54) is 4.31 Å². The van der Waals surface area contributed by atoms with E-state index in [0.29, 0.717) is 24.6 Å². The Bertz CT molecular complexity index is 559. The fourth-order valence-corrected chi connectivity index (χ4v) is 3.19. The summed E-state index contributed by atoms with van der Waals surface area (Å²) in [4.78, 5) is 0. The van der Waals surface area contributed by atoms with Crippen LogP contribution in [0.3, 0.4) is 0 Å². The van der Waals surface area contributed by atoms with Gasteiger partial charge in [-0.1, -0.05) is 12.1 Å². The van der Waals surface area contributed by atoms with Crippen LogP contribution in [0.4, 0.5) is 0 Å². The molecule has 1 saturated heterocycles. The maximum absolute atomic E-state index is 11.3. The molecule has 1 unspecified atom stereocenters. The number of para-hydroxylation sites is 1. The molecule has 106 valence electrons. The fraction of sp³-hybridized carbons (Fsp3) is 0.500. The lowest BCUT2D eigenvalue weighted by atomic mass is 9.97. The average Bonchev–Trinajstić information content (AvgIpc) is 2.86. The molecule has 0 spiro atoms. The monoisotopic (exact) mass is 286 g/mol. The minimum atomic E-state index is -3.62. The van der Waals surface area contributed by atoms with Gasteiger partial charge in [-0.15, -0.1) is 0 Å². The molecular weight excluding hydrogens is 268 g/mol. The maximum atomic E-state index is 11.3. The molecule has 1 fully saturated rings. The van der Waals surface area contributed by atoms with Gasteiger partial charge in [0, 0.05) is 24.6 Å². The van der Waals surface area contributed by atoms with Gasteiger partial charge in [0.2, 0.25) is 0 Å². The van der Waals surface area contributed by atoms with E-state index in [1.54, 1.807) is 14.2 Å². The highest BCUT2D eigenvalue weighted by Gasteiger charge is 2.32. The van der Waals surface area contributed by atoms with E-state index >= 15 is 0 Å². The van der Waals surface area contributed by atoms with Gasteiger partial charge in [-0.25, -0.2) is 5.14 Å². The van der Waals surface area contributed by atoms with Crippen molar-refractivity contribution in [1.29, 1.82) is 0 Å². The van der Waals surface area contributed by atoms with E-state index in [0.717, 1.165) is 12.0 Å². The van der Waals surface area contributed by atoms with Crippen molar-refractivity contribution in [3.05, 3.63) is 23.8 Å². The Balaban J connectivity index is 2.29. The van der Waals surface area contributed by atoms with E-state index < -0.39 is 10.2 Å². The first-order chi connectivity index (χ1) is 8.97. The molecule has 19 heavy (non-hydrogen) atoms. The van der Waals surface area contributed by atoms with Crippen molar-refractivity contribution < 1.29 is 17.9 Å². The summed E-state index contributed by atoms with van der Waals surface area (Å²) in [5.41, 5.74) is 0.952. The lowest BCUT2D eigenvalue weighted by molar-refractivity contribution is 0.349. The van der Waals surface area contributed by atoms with Crippen LogP contribution in [0, 0.1) is 0 Å². The van der Waals surface area contributed by atoms with Gasteiger partial charge in [0.25, 0.3) is 10.2 Å². The Hall–Kier alpha value is -1.31. The second-order valence-electron chi connectivity index (χ2n) is 4.47. The zero-order valence-corrected chi connectivity index (χ0v) is 11.8. The zero-order chi connectivity index (χ0) is 14.0. The smallest absolute Gasteiger partial charge is 0.276 e. The molecule has 1 aliphatic heterocycles. The van der Waals surface area contributed by atoms with E-state index in [9.17, 15) is 8.42 Å². The van der Waals surface area contributed by atoms with Crippen LogP contribution in [-0.2, 0) is 10.2 Å². The summed E-state index contributed by atoms with van der Waals surface area (Å²) in [6.45, 7) is 0.812. The molecule has 0 aliphatic carbocycles. The number of hydrogen-bond donors (Lipinski definition) is 1. The van der Waals surface area contributed by atoms with Crippen molar-refractivity contribution in [1.82, 2.24) is 4.31 Å². The number of hydrogen-bond acceptors (Lipinski definition) is 4. The largest absolute Gasteiger partial charge is 0.493 e. The number of nitrogens with zero attached hydrogens (tertiary/aromatic N) is 1. The van der Waals surface area contributed by atoms with Crippen LogP contribution >= 0.6 is 0 Å². The SMILES string of the molecule is COc1cccc(C2CCN(S(N)(=O)=O)C2)c1OC. The summed E-state index contributed by atoms with van der Waals surface area (Å²) in [5, 5.41) is 5.15. The average molecular weight is 286 g/mol. The van der Waals surface area contributed by atoms with Crippen molar-refractivity contribution >= 4 is 10.2 Å². The van der Waals surface area contributed by atoms with Crippen LogP contribution in [0.5, 0.6) is 11.5 Å². The van der Waals surface area contributed by atoms with E-state index in [4.69, 9.17) is 14.6 Å². The third-order valence-electron chi connectivity index (χ3n) is 3.38. The zero-order valence-electron chi connectivity index (χ0n) is 11.0. The minimum absolute atomic E-state index is 0.0726. The molecule has 6 nitrogen and oxygen atoms in total. The first-order valence-corrected chi connectivity index (χ1v) is 7.46. The Morgan fingerprint density at radius 2 is 2.05 bits per heavy atom. The molecule has 0 amide bonds. The number of methoxy groups -OCH3 is 2. The molecule has 1 aromatic carbocycles. The van der Waals surface area contributed by atoms with Crippen molar-refractivity contribution in [3.8, 4) is 11.5 Å². The van der Waals surface area contributed by atoms with Crippen LogP contribution in [0.1, 0.15) is 17.9 Å². The molecule has 1 heterocycles. The molecule has 0 saturated carbocycles. The predicted octanol–water partition coefficient (Wildman–Crippen LogP) is 0.697. The van der Waals surface area contributed by atoms with Gasteiger partial charge in [-0.3, -0.25) is 0 Å². The van der Waals surface area contributed by atoms with E-state index in [2.05, 4.69) is 0 Å². The predicted molar refractivity (Wildman–Crippen MR) is 71.6 cm³/mol. The van der Waals surface area contributed by atoms with Gasteiger partial charge in [0.15, 0.2) is 11.5 Å². The van der Waals surface area contributed by atoms with Crippen LogP contribution in [0.25, 0.3) is 0 Å². The van der Waals surface area contributed by atoms with Crippen molar-refractivity contribution in [2.45, 2.75) is 12.3 Å². The van der Waals surface area contributed by atoms with E-state index in [1.807, 2.05) is 18.2 Å². The van der Waals surface area contributed by atoms with Crippen LogP contribution in [0.2, 0.25) is 0 Å². The molecule has 7 heteroatoms. The maximum Gasteiger partial charge on any atom is 0.276 e. The number of rotatable bonds is 4. The lowest BCUT2D eigenvalue weighted by Gasteiger charge is -2.17. The second kappa shape index (κ2) is 5.36. The normalized spacial score (nSPS) is 20.5. The highest BCUT2D eigenvalue weighted by Crippen LogP contribution is 2.39. The van der Waals surface area contributed by atoms with Crippen LogP contribution in [0.15, 0.2) is 18.2 Å². The summed E-state index contributed by atoms with van der Waals surface area (Å²) < 4.78 is 34.6. The molecule has 0 bridgehead atoms. The third-order valence-corrected chi connectivity index (χ3v) is 4.44. The Morgan fingerprint density at radius 1 is 1.32 bits per heavy atom. The summed E-state index contributed by atoms with van der Waals surface area (Å²) >= 11 is 0. The van der Waals surface area contributed by atoms with Crippen molar-refractivity contribution in [2.75, 3.05) is 27.3 Å². The summed E-state index contributed by atoms with van der Waals surface area (Å²) in [5.74, 6) is 1.38. The van der Waals surface area contributed by atoms with Crippen LogP contribution < -0.4 is 14.6 Å². The molecule has 0 radical (unpaired) electrons. The quantitative estimate of drug-likeness (QED) is 0.883. The first-order valence-electron chi connectivity index (χ1n) is 5.96. The minimum Gasteiger partial charge on any atom is -0.493 e. The number of ether oxygens (including phenoxy) is 2. The van der Waals surface area contributed by atoms with Gasteiger partial charge in [0.1, 0.15) is 0 Å². The van der Waals surface area contributed by atoms with Gasteiger partial charge < -0.3 is 9.47 Å². The highest BCUT2D eigenvalue weighted by molar-refractivity contribution is 7.86. The highest BCUT2D eigenvalue weighted by atomic mass is 32.2. The van der Waals surface area contributed by atoms with Gasteiger partial charge in [0.05, 0.1) is 14.2 Å². The summed E-state index contributed by atoms with van der Waals surface area (Å²) in [6.07, 6.45) is 0.722. The van der Waals surface area contributed by atoms with E-state index in [-0.39, 0.29) is 5.92 Å². The lowest BCUT2D eigenvalue weighted by Crippen LogP contribution is -2.34. The summed E-state index contributed by atoms with van der Waals surface area (Å²) in [6, 6.07) is 5.61. The van der Waals surface area contributed by atoms with Crippen molar-refractivity contribution in [3.63, 3.8) is 0 Å². The van der Waals surface area contributed by atoms with Gasteiger partial charge in [-0.05, 0) is 12.5 Å². The van der Waals surface area contributed by atoms with Gasteiger partial charge in [-0.2, -0.15) is 12.7 Å². The Morgan fingerprint density at radius 3 is 2.58 bits per heavy atom. The molecule has 1 aliphatic rings. The molecule has 2 rings (SSSR count). The topological polar surface area (TPSA) is 81.9 Å². The first kappa shape index (κ1) is 14.1. The third kappa shape index (κ3) is 2.83. The number of nitrogens with two attached hydrogens (primary N) is 1. The molecule has 1 aromatic rings. The molecule has 0 aromatic heterocycles.